The van der Waals surface area contributed by atoms with E-state index in [0.717, 1.165) is 29.8 Å². The van der Waals surface area contributed by atoms with Crippen LogP contribution in [0.2, 0.25) is 0 Å². The molecule has 2 heterocycles. The Morgan fingerprint density at radius 1 is 1.38 bits per heavy atom. The number of aromatic nitrogens is 5. The highest BCUT2D eigenvalue weighted by molar-refractivity contribution is 5.63. The van der Waals surface area contributed by atoms with Gasteiger partial charge in [0, 0.05) is 12.6 Å². The molecule has 0 spiro atoms. The van der Waals surface area contributed by atoms with Crippen molar-refractivity contribution in [2.75, 3.05) is 5.73 Å². The Hall–Kier alpha value is -1.98. The minimum absolute atomic E-state index is 0.535. The summed E-state index contributed by atoms with van der Waals surface area (Å²) in [5.74, 6) is 0.535. The lowest BCUT2D eigenvalue weighted by Crippen LogP contribution is -2.05. The van der Waals surface area contributed by atoms with Crippen LogP contribution in [0.25, 0.3) is 11.4 Å². The molecule has 0 saturated carbocycles. The van der Waals surface area contributed by atoms with Crippen molar-refractivity contribution in [2.24, 2.45) is 7.05 Å². The Labute approximate surface area is 93.5 Å². The van der Waals surface area contributed by atoms with Crippen molar-refractivity contribution < 1.29 is 0 Å². The van der Waals surface area contributed by atoms with Crippen molar-refractivity contribution in [2.45, 2.75) is 19.8 Å². The highest BCUT2D eigenvalue weighted by Gasteiger charge is 2.13. The molecule has 2 aromatic heterocycles. The molecule has 2 rings (SSSR count). The molecular formula is C10H14N6. The van der Waals surface area contributed by atoms with E-state index in [1.807, 2.05) is 7.05 Å². The van der Waals surface area contributed by atoms with Gasteiger partial charge in [-0.05, 0) is 6.42 Å². The zero-order valence-electron chi connectivity index (χ0n) is 9.38. The number of nitrogen functional groups attached to an aromatic ring is 1. The third kappa shape index (κ3) is 1.73. The molecule has 6 nitrogen and oxygen atoms in total. The largest absolute Gasteiger partial charge is 0.383 e. The number of rotatable bonds is 3. The maximum Gasteiger partial charge on any atom is 0.130 e. The van der Waals surface area contributed by atoms with Gasteiger partial charge in [0.2, 0.25) is 0 Å². The first-order valence-corrected chi connectivity index (χ1v) is 5.18. The topological polar surface area (TPSA) is 82.5 Å². The van der Waals surface area contributed by atoms with Crippen molar-refractivity contribution in [3.63, 3.8) is 0 Å². The Kier molecular flexibility index (Phi) is 2.80. The summed E-state index contributed by atoms with van der Waals surface area (Å²) in [5.41, 5.74) is 8.51. The first-order chi connectivity index (χ1) is 7.74. The van der Waals surface area contributed by atoms with E-state index in [1.54, 1.807) is 10.9 Å². The molecule has 0 unspecified atom stereocenters. The van der Waals surface area contributed by atoms with Crippen LogP contribution in [0.4, 0.5) is 5.82 Å². The molecule has 0 aliphatic heterocycles. The smallest absolute Gasteiger partial charge is 0.130 e. The average molecular weight is 218 g/mol. The van der Waals surface area contributed by atoms with Crippen LogP contribution in [0.5, 0.6) is 0 Å². The zero-order valence-corrected chi connectivity index (χ0v) is 9.38. The van der Waals surface area contributed by atoms with Crippen LogP contribution in [0, 0.1) is 0 Å². The summed E-state index contributed by atoms with van der Waals surface area (Å²) in [7, 11) is 1.83. The summed E-state index contributed by atoms with van der Waals surface area (Å²) in [6.07, 6.45) is 5.00. The average Bonchev–Trinajstić information content (AvgIpc) is 2.68. The molecule has 0 aromatic carbocycles. The predicted molar refractivity (Wildman–Crippen MR) is 60.4 cm³/mol. The number of hydrogen-bond acceptors (Lipinski definition) is 5. The quantitative estimate of drug-likeness (QED) is 0.824. The maximum atomic E-state index is 5.86. The Bertz CT molecular complexity index is 490. The van der Waals surface area contributed by atoms with Gasteiger partial charge in [-0.3, -0.25) is 0 Å². The first-order valence-electron chi connectivity index (χ1n) is 5.18. The molecule has 2 aromatic rings. The van der Waals surface area contributed by atoms with E-state index in [0.29, 0.717) is 5.82 Å². The number of aryl methyl sites for hydroxylation is 1. The molecule has 0 fully saturated rings. The van der Waals surface area contributed by atoms with Crippen LogP contribution in [0.1, 0.15) is 18.9 Å². The second kappa shape index (κ2) is 4.26. The van der Waals surface area contributed by atoms with Crippen molar-refractivity contribution >= 4 is 5.82 Å². The van der Waals surface area contributed by atoms with Crippen LogP contribution in [0.15, 0.2) is 12.5 Å². The van der Waals surface area contributed by atoms with E-state index < -0.39 is 0 Å². The van der Waals surface area contributed by atoms with Gasteiger partial charge in [-0.25, -0.2) is 14.6 Å². The van der Waals surface area contributed by atoms with Crippen molar-refractivity contribution in [1.29, 1.82) is 0 Å². The predicted octanol–water partition coefficient (Wildman–Crippen LogP) is 0.807. The van der Waals surface area contributed by atoms with Gasteiger partial charge in [0.15, 0.2) is 0 Å². The standard InChI is InChI=1S/C10H14N6/c1-3-4-7-9(12-6-13-10(7)11)8-5-14-15-16(8)2/h5-6H,3-4H2,1-2H3,(H2,11,12,13). The number of nitrogens with zero attached hydrogens (tertiary/aromatic N) is 5. The fourth-order valence-electron chi connectivity index (χ4n) is 1.65. The van der Waals surface area contributed by atoms with Crippen LogP contribution in [-0.2, 0) is 13.5 Å². The lowest BCUT2D eigenvalue weighted by atomic mass is 10.1. The summed E-state index contributed by atoms with van der Waals surface area (Å²) in [5, 5.41) is 7.73. The lowest BCUT2D eigenvalue weighted by molar-refractivity contribution is 0.718. The maximum absolute atomic E-state index is 5.86. The van der Waals surface area contributed by atoms with Crippen molar-refractivity contribution in [3.05, 3.63) is 18.1 Å². The van der Waals surface area contributed by atoms with E-state index >= 15 is 0 Å². The molecule has 2 N–H and O–H groups in total. The molecule has 6 heteroatoms. The van der Waals surface area contributed by atoms with E-state index in [2.05, 4.69) is 27.2 Å². The second-order valence-corrected chi connectivity index (χ2v) is 3.58. The van der Waals surface area contributed by atoms with Crippen LogP contribution >= 0.6 is 0 Å². The van der Waals surface area contributed by atoms with E-state index in [1.165, 1.54) is 6.33 Å². The number of hydrogen-bond donors (Lipinski definition) is 1. The van der Waals surface area contributed by atoms with Gasteiger partial charge >= 0.3 is 0 Å². The third-order valence-electron chi connectivity index (χ3n) is 2.44. The second-order valence-electron chi connectivity index (χ2n) is 3.58. The lowest BCUT2D eigenvalue weighted by Gasteiger charge is -2.08. The Morgan fingerprint density at radius 3 is 2.81 bits per heavy atom. The van der Waals surface area contributed by atoms with Gasteiger partial charge in [-0.2, -0.15) is 0 Å². The molecule has 0 bridgehead atoms. The zero-order chi connectivity index (χ0) is 11.5. The highest BCUT2D eigenvalue weighted by atomic mass is 15.4. The van der Waals surface area contributed by atoms with Crippen LogP contribution in [-0.4, -0.2) is 25.0 Å². The van der Waals surface area contributed by atoms with Crippen LogP contribution in [0.3, 0.4) is 0 Å². The normalized spacial score (nSPS) is 10.6. The van der Waals surface area contributed by atoms with Gasteiger partial charge < -0.3 is 5.73 Å². The third-order valence-corrected chi connectivity index (χ3v) is 2.44. The molecule has 0 amide bonds. The van der Waals surface area contributed by atoms with Crippen molar-refractivity contribution in [1.82, 2.24) is 25.0 Å². The molecule has 0 atom stereocenters. The SMILES string of the molecule is CCCc1c(N)ncnc1-c1cnnn1C. The molecule has 84 valence electrons. The van der Waals surface area contributed by atoms with E-state index in [-0.39, 0.29) is 0 Å². The molecule has 0 aliphatic carbocycles. The number of nitrogens with two attached hydrogens (primary N) is 1. The van der Waals surface area contributed by atoms with Crippen molar-refractivity contribution in [3.8, 4) is 11.4 Å². The summed E-state index contributed by atoms with van der Waals surface area (Å²) >= 11 is 0. The highest BCUT2D eigenvalue weighted by Crippen LogP contribution is 2.23. The first kappa shape index (κ1) is 10.5. The van der Waals surface area contributed by atoms with Gasteiger partial charge in [0.25, 0.3) is 0 Å². The van der Waals surface area contributed by atoms with Gasteiger partial charge in [0.05, 0.1) is 11.9 Å². The Morgan fingerprint density at radius 2 is 2.19 bits per heavy atom. The van der Waals surface area contributed by atoms with Gasteiger partial charge in [0.1, 0.15) is 17.8 Å². The fraction of sp³-hybridized carbons (Fsp3) is 0.400. The summed E-state index contributed by atoms with van der Waals surface area (Å²) in [6, 6.07) is 0. The fourth-order valence-corrected chi connectivity index (χ4v) is 1.65. The Balaban J connectivity index is 2.56. The monoisotopic (exact) mass is 218 g/mol. The molecule has 0 saturated heterocycles. The minimum atomic E-state index is 0.535. The van der Waals surface area contributed by atoms with Gasteiger partial charge in [-0.15, -0.1) is 5.10 Å². The summed E-state index contributed by atoms with van der Waals surface area (Å²) in [6.45, 7) is 2.09. The molecular weight excluding hydrogens is 204 g/mol. The number of anilines is 1. The summed E-state index contributed by atoms with van der Waals surface area (Å²) in [4.78, 5) is 8.28. The van der Waals surface area contributed by atoms with Crippen LogP contribution < -0.4 is 5.73 Å². The minimum Gasteiger partial charge on any atom is -0.383 e. The molecule has 0 aliphatic rings. The summed E-state index contributed by atoms with van der Waals surface area (Å²) < 4.78 is 1.68. The van der Waals surface area contributed by atoms with E-state index in [9.17, 15) is 0 Å². The van der Waals surface area contributed by atoms with E-state index in [4.69, 9.17) is 5.73 Å². The molecule has 0 radical (unpaired) electrons. The molecule has 16 heavy (non-hydrogen) atoms. The van der Waals surface area contributed by atoms with Gasteiger partial charge in [-0.1, -0.05) is 18.6 Å².